The van der Waals surface area contributed by atoms with Crippen LogP contribution in [-0.2, 0) is 4.74 Å². The Morgan fingerprint density at radius 3 is 2.74 bits per heavy atom. The number of nitrogens with zero attached hydrogens (tertiary/aromatic N) is 1. The van der Waals surface area contributed by atoms with Gasteiger partial charge in [-0.1, -0.05) is 6.92 Å². The molecule has 1 atom stereocenters. The lowest BCUT2D eigenvalue weighted by Crippen LogP contribution is -2.41. The number of likely N-dealkylation sites (N-methyl/N-ethyl adjacent to an activating group) is 1. The molecule has 1 fully saturated rings. The van der Waals surface area contributed by atoms with E-state index in [2.05, 4.69) is 22.5 Å². The second-order valence-electron chi connectivity index (χ2n) is 5.56. The van der Waals surface area contributed by atoms with E-state index in [0.717, 1.165) is 18.8 Å². The number of anilines is 1. The van der Waals surface area contributed by atoms with Gasteiger partial charge in [-0.05, 0) is 69.3 Å². The number of carbonyl (C=O) groups excluding carboxylic acids is 1. The van der Waals surface area contributed by atoms with Crippen LogP contribution >= 0.6 is 12.2 Å². The minimum atomic E-state index is -0.305. The summed E-state index contributed by atoms with van der Waals surface area (Å²) < 4.78 is 4.96. The zero-order valence-corrected chi connectivity index (χ0v) is 14.6. The Labute approximate surface area is 143 Å². The highest BCUT2D eigenvalue weighted by Crippen LogP contribution is 2.15. The van der Waals surface area contributed by atoms with Crippen LogP contribution < -0.4 is 10.6 Å². The van der Waals surface area contributed by atoms with Crippen LogP contribution in [0.2, 0.25) is 0 Å². The molecule has 0 aliphatic carbocycles. The van der Waals surface area contributed by atoms with Crippen molar-refractivity contribution in [2.24, 2.45) is 0 Å². The first-order chi connectivity index (χ1) is 11.1. The molecular formula is C17H25N3O2S. The fourth-order valence-electron chi connectivity index (χ4n) is 2.83. The highest BCUT2D eigenvalue weighted by Gasteiger charge is 2.22. The van der Waals surface area contributed by atoms with Crippen molar-refractivity contribution < 1.29 is 9.53 Å². The SMILES string of the molecule is CCOC(=O)c1ccc(NC(=S)NCC2CCCN2CC)cc1. The molecular weight excluding hydrogens is 310 g/mol. The third-order valence-electron chi connectivity index (χ3n) is 4.06. The lowest BCUT2D eigenvalue weighted by atomic mass is 10.2. The monoisotopic (exact) mass is 335 g/mol. The van der Waals surface area contributed by atoms with E-state index < -0.39 is 0 Å². The molecule has 2 N–H and O–H groups in total. The molecule has 0 amide bonds. The van der Waals surface area contributed by atoms with Crippen LogP contribution in [0.15, 0.2) is 24.3 Å². The first-order valence-electron chi connectivity index (χ1n) is 8.20. The van der Waals surface area contributed by atoms with E-state index in [1.807, 2.05) is 12.1 Å². The maximum Gasteiger partial charge on any atom is 0.338 e. The van der Waals surface area contributed by atoms with Crippen LogP contribution in [0, 0.1) is 0 Å². The first-order valence-corrected chi connectivity index (χ1v) is 8.61. The highest BCUT2D eigenvalue weighted by atomic mass is 32.1. The van der Waals surface area contributed by atoms with Gasteiger partial charge in [0.2, 0.25) is 0 Å². The van der Waals surface area contributed by atoms with Crippen LogP contribution in [0.1, 0.15) is 37.0 Å². The molecule has 1 heterocycles. The average Bonchev–Trinajstić information content (AvgIpc) is 3.01. The van der Waals surface area contributed by atoms with Crippen molar-refractivity contribution in [2.75, 3.05) is 31.6 Å². The fourth-order valence-corrected chi connectivity index (χ4v) is 3.03. The number of nitrogens with one attached hydrogen (secondary N) is 2. The number of ether oxygens (including phenoxy) is 1. The number of likely N-dealkylation sites (tertiary alicyclic amines) is 1. The summed E-state index contributed by atoms with van der Waals surface area (Å²) in [6.07, 6.45) is 2.48. The zero-order valence-electron chi connectivity index (χ0n) is 13.8. The Kier molecular flexibility index (Phi) is 6.80. The summed E-state index contributed by atoms with van der Waals surface area (Å²) in [5.41, 5.74) is 1.40. The molecule has 6 heteroatoms. The predicted octanol–water partition coefficient (Wildman–Crippen LogP) is 2.63. The van der Waals surface area contributed by atoms with E-state index >= 15 is 0 Å². The molecule has 0 bridgehead atoms. The van der Waals surface area contributed by atoms with E-state index in [9.17, 15) is 4.79 Å². The second kappa shape index (κ2) is 8.84. The average molecular weight is 335 g/mol. The van der Waals surface area contributed by atoms with E-state index in [0.29, 0.717) is 23.3 Å². The highest BCUT2D eigenvalue weighted by molar-refractivity contribution is 7.80. The summed E-state index contributed by atoms with van der Waals surface area (Å²) in [4.78, 5) is 14.1. The molecule has 1 saturated heterocycles. The smallest absolute Gasteiger partial charge is 0.338 e. The predicted molar refractivity (Wildman–Crippen MR) is 96.9 cm³/mol. The molecule has 1 aliphatic heterocycles. The number of hydrogen-bond donors (Lipinski definition) is 2. The van der Waals surface area contributed by atoms with Gasteiger partial charge in [-0.3, -0.25) is 4.90 Å². The van der Waals surface area contributed by atoms with Crippen molar-refractivity contribution in [1.82, 2.24) is 10.2 Å². The quantitative estimate of drug-likeness (QED) is 0.616. The molecule has 1 aromatic rings. The Bertz CT molecular complexity index is 533. The number of esters is 1. The fraction of sp³-hybridized carbons (Fsp3) is 0.529. The summed E-state index contributed by atoms with van der Waals surface area (Å²) >= 11 is 5.34. The van der Waals surface area contributed by atoms with Crippen molar-refractivity contribution in [3.8, 4) is 0 Å². The third-order valence-corrected chi connectivity index (χ3v) is 4.30. The standard InChI is InChI=1S/C17H25N3O2S/c1-3-20-11-5-6-15(20)12-18-17(23)19-14-9-7-13(8-10-14)16(21)22-4-2/h7-10,15H,3-6,11-12H2,1-2H3,(H2,18,19,23). The molecule has 0 radical (unpaired) electrons. The van der Waals surface area contributed by atoms with Gasteiger partial charge < -0.3 is 15.4 Å². The second-order valence-corrected chi connectivity index (χ2v) is 5.97. The number of carbonyl (C=O) groups is 1. The van der Waals surface area contributed by atoms with E-state index in [1.165, 1.54) is 19.4 Å². The third kappa shape index (κ3) is 5.18. The van der Waals surface area contributed by atoms with Crippen LogP contribution in [-0.4, -0.2) is 48.3 Å². The van der Waals surface area contributed by atoms with Crippen molar-refractivity contribution in [3.63, 3.8) is 0 Å². The van der Waals surface area contributed by atoms with Gasteiger partial charge in [-0.2, -0.15) is 0 Å². The molecule has 1 aromatic carbocycles. The topological polar surface area (TPSA) is 53.6 Å². The molecule has 5 nitrogen and oxygen atoms in total. The molecule has 2 rings (SSSR count). The van der Waals surface area contributed by atoms with Crippen molar-refractivity contribution in [2.45, 2.75) is 32.7 Å². The number of benzene rings is 1. The molecule has 1 unspecified atom stereocenters. The molecule has 1 aliphatic rings. The summed E-state index contributed by atoms with van der Waals surface area (Å²) in [6.45, 7) is 7.49. The van der Waals surface area contributed by atoms with Gasteiger partial charge in [0.1, 0.15) is 0 Å². The lowest BCUT2D eigenvalue weighted by Gasteiger charge is -2.23. The van der Waals surface area contributed by atoms with Gasteiger partial charge >= 0.3 is 5.97 Å². The van der Waals surface area contributed by atoms with Gasteiger partial charge in [-0.25, -0.2) is 4.79 Å². The summed E-state index contributed by atoms with van der Waals surface area (Å²) in [5.74, 6) is -0.305. The normalized spacial score (nSPS) is 17.7. The van der Waals surface area contributed by atoms with Crippen molar-refractivity contribution >= 4 is 29.0 Å². The minimum absolute atomic E-state index is 0.305. The largest absolute Gasteiger partial charge is 0.462 e. The Hall–Kier alpha value is -1.66. The number of rotatable bonds is 6. The van der Waals surface area contributed by atoms with E-state index in [-0.39, 0.29) is 5.97 Å². The van der Waals surface area contributed by atoms with Crippen LogP contribution in [0.3, 0.4) is 0 Å². The number of hydrogen-bond acceptors (Lipinski definition) is 4. The molecule has 0 aromatic heterocycles. The Morgan fingerprint density at radius 2 is 2.09 bits per heavy atom. The maximum atomic E-state index is 11.6. The van der Waals surface area contributed by atoms with Gasteiger partial charge in [0, 0.05) is 18.3 Å². The Balaban J connectivity index is 1.80. The molecule has 0 saturated carbocycles. The minimum Gasteiger partial charge on any atom is -0.462 e. The summed E-state index contributed by atoms with van der Waals surface area (Å²) in [5, 5.41) is 7.04. The van der Waals surface area contributed by atoms with Gasteiger partial charge in [0.25, 0.3) is 0 Å². The van der Waals surface area contributed by atoms with Gasteiger partial charge in [0.15, 0.2) is 5.11 Å². The van der Waals surface area contributed by atoms with Crippen LogP contribution in [0.4, 0.5) is 5.69 Å². The summed E-state index contributed by atoms with van der Waals surface area (Å²) in [7, 11) is 0. The van der Waals surface area contributed by atoms with Crippen molar-refractivity contribution in [3.05, 3.63) is 29.8 Å². The van der Waals surface area contributed by atoms with Gasteiger partial charge in [0.05, 0.1) is 12.2 Å². The zero-order chi connectivity index (χ0) is 16.7. The first kappa shape index (κ1) is 17.7. The summed E-state index contributed by atoms with van der Waals surface area (Å²) in [6, 6.07) is 7.69. The van der Waals surface area contributed by atoms with E-state index in [1.54, 1.807) is 19.1 Å². The Morgan fingerprint density at radius 1 is 1.35 bits per heavy atom. The van der Waals surface area contributed by atoms with Crippen LogP contribution in [0.25, 0.3) is 0 Å². The van der Waals surface area contributed by atoms with Crippen molar-refractivity contribution in [1.29, 1.82) is 0 Å². The molecule has 126 valence electrons. The lowest BCUT2D eigenvalue weighted by molar-refractivity contribution is 0.0526. The molecule has 0 spiro atoms. The van der Waals surface area contributed by atoms with Gasteiger partial charge in [-0.15, -0.1) is 0 Å². The maximum absolute atomic E-state index is 11.6. The number of thiocarbonyl (C=S) groups is 1. The van der Waals surface area contributed by atoms with E-state index in [4.69, 9.17) is 17.0 Å². The van der Waals surface area contributed by atoms with Crippen LogP contribution in [0.5, 0.6) is 0 Å². The molecule has 23 heavy (non-hydrogen) atoms.